The summed E-state index contributed by atoms with van der Waals surface area (Å²) >= 11 is 1.76. The zero-order chi connectivity index (χ0) is 21.4. The molecule has 1 aromatic heterocycles. The van der Waals surface area contributed by atoms with Crippen molar-refractivity contribution in [3.8, 4) is 0 Å². The van der Waals surface area contributed by atoms with Crippen molar-refractivity contribution in [1.29, 1.82) is 0 Å². The number of hydrogen-bond donors (Lipinski definition) is 1. The van der Waals surface area contributed by atoms with Gasteiger partial charge in [0, 0.05) is 35.4 Å². The average molecular weight is 416 g/mol. The number of nitrogens with one attached hydrogen (secondary N) is 1. The molecule has 0 spiro atoms. The Balaban J connectivity index is 1.97. The molecule has 0 saturated heterocycles. The van der Waals surface area contributed by atoms with Crippen LogP contribution in [-0.4, -0.2) is 53.8 Å². The van der Waals surface area contributed by atoms with Crippen LogP contribution in [0.2, 0.25) is 0 Å². The van der Waals surface area contributed by atoms with Gasteiger partial charge in [-0.2, -0.15) is 0 Å². The Morgan fingerprint density at radius 3 is 2.31 bits per heavy atom. The number of nitrogens with zero attached hydrogens (tertiary/aromatic N) is 2. The van der Waals surface area contributed by atoms with E-state index in [0.29, 0.717) is 6.54 Å². The molecule has 0 radical (unpaired) electrons. The topological polar surface area (TPSA) is 52.7 Å². The standard InChI is InChI=1S/C23H33N3O2S/c1-18-11-12-20(29-18)15-26(14-13-19-9-7-6-8-10-19)17-22(28)25(5)16-21(27)24-23(2,3)4/h6-12H,13-17H2,1-5H3,(H,24,27). The second-order valence-electron chi connectivity index (χ2n) is 8.51. The van der Waals surface area contributed by atoms with Gasteiger partial charge in [-0.15, -0.1) is 11.3 Å². The van der Waals surface area contributed by atoms with Crippen LogP contribution in [0.5, 0.6) is 0 Å². The van der Waals surface area contributed by atoms with Crippen LogP contribution in [0, 0.1) is 6.92 Å². The van der Waals surface area contributed by atoms with Crippen molar-refractivity contribution in [2.24, 2.45) is 0 Å². The Labute approximate surface area is 178 Å². The SMILES string of the molecule is Cc1ccc(CN(CCc2ccccc2)CC(=O)N(C)CC(=O)NC(C)(C)C)s1. The largest absolute Gasteiger partial charge is 0.350 e. The first-order chi connectivity index (χ1) is 13.6. The lowest BCUT2D eigenvalue weighted by Crippen LogP contribution is -2.48. The summed E-state index contributed by atoms with van der Waals surface area (Å²) in [6, 6.07) is 14.5. The summed E-state index contributed by atoms with van der Waals surface area (Å²) in [5, 5.41) is 2.90. The summed E-state index contributed by atoms with van der Waals surface area (Å²) in [5.41, 5.74) is 0.949. The lowest BCUT2D eigenvalue weighted by Gasteiger charge is -2.26. The van der Waals surface area contributed by atoms with Crippen LogP contribution >= 0.6 is 11.3 Å². The van der Waals surface area contributed by atoms with E-state index >= 15 is 0 Å². The van der Waals surface area contributed by atoms with E-state index in [1.54, 1.807) is 18.4 Å². The fraction of sp³-hybridized carbons (Fsp3) is 0.478. The summed E-state index contributed by atoms with van der Waals surface area (Å²) < 4.78 is 0. The first-order valence-electron chi connectivity index (χ1n) is 9.99. The van der Waals surface area contributed by atoms with Gasteiger partial charge in [0.15, 0.2) is 0 Å². The quantitative estimate of drug-likeness (QED) is 0.682. The lowest BCUT2D eigenvalue weighted by atomic mass is 10.1. The number of likely N-dealkylation sites (N-methyl/N-ethyl adjacent to an activating group) is 1. The van der Waals surface area contributed by atoms with E-state index < -0.39 is 0 Å². The third-order valence-corrected chi connectivity index (χ3v) is 5.40. The highest BCUT2D eigenvalue weighted by Gasteiger charge is 2.20. The Kier molecular flexibility index (Phi) is 8.41. The van der Waals surface area contributed by atoms with Gasteiger partial charge in [0.05, 0.1) is 13.1 Å². The monoisotopic (exact) mass is 415 g/mol. The maximum absolute atomic E-state index is 12.8. The van der Waals surface area contributed by atoms with Crippen molar-refractivity contribution in [1.82, 2.24) is 15.1 Å². The number of aryl methyl sites for hydroxylation is 1. The van der Waals surface area contributed by atoms with Crippen LogP contribution in [0.15, 0.2) is 42.5 Å². The molecule has 0 aliphatic carbocycles. The smallest absolute Gasteiger partial charge is 0.240 e. The molecule has 2 aromatic rings. The molecule has 1 aromatic carbocycles. The average Bonchev–Trinajstić information content (AvgIpc) is 3.03. The Morgan fingerprint density at radius 2 is 1.72 bits per heavy atom. The number of carbonyl (C=O) groups is 2. The van der Waals surface area contributed by atoms with E-state index in [2.05, 4.69) is 41.4 Å². The van der Waals surface area contributed by atoms with Gasteiger partial charge in [-0.3, -0.25) is 14.5 Å². The van der Waals surface area contributed by atoms with Gasteiger partial charge in [-0.1, -0.05) is 30.3 Å². The van der Waals surface area contributed by atoms with E-state index in [1.807, 2.05) is 39.0 Å². The number of hydrogen-bond acceptors (Lipinski definition) is 4. The Bertz CT molecular complexity index is 796. The molecule has 0 saturated carbocycles. The van der Waals surface area contributed by atoms with Crippen molar-refractivity contribution in [3.05, 3.63) is 57.8 Å². The number of amides is 2. The molecule has 0 aliphatic rings. The van der Waals surface area contributed by atoms with Gasteiger partial charge < -0.3 is 10.2 Å². The van der Waals surface area contributed by atoms with E-state index in [4.69, 9.17) is 0 Å². The molecule has 0 aliphatic heterocycles. The summed E-state index contributed by atoms with van der Waals surface area (Å²) in [4.78, 5) is 31.1. The van der Waals surface area contributed by atoms with Crippen molar-refractivity contribution in [2.75, 3.05) is 26.7 Å². The molecule has 0 unspecified atom stereocenters. The van der Waals surface area contributed by atoms with Crippen LogP contribution < -0.4 is 5.32 Å². The summed E-state index contributed by atoms with van der Waals surface area (Å²) in [6.07, 6.45) is 0.882. The van der Waals surface area contributed by atoms with Gasteiger partial charge in [-0.05, 0) is 51.8 Å². The third-order valence-electron chi connectivity index (χ3n) is 4.41. The molecule has 0 fully saturated rings. The zero-order valence-corrected chi connectivity index (χ0v) is 19.0. The summed E-state index contributed by atoms with van der Waals surface area (Å²) in [6.45, 7) is 9.77. The van der Waals surface area contributed by atoms with E-state index in [0.717, 1.165) is 19.5 Å². The predicted molar refractivity (Wildman–Crippen MR) is 120 cm³/mol. The van der Waals surface area contributed by atoms with Gasteiger partial charge in [0.2, 0.25) is 11.8 Å². The van der Waals surface area contributed by atoms with Crippen molar-refractivity contribution in [2.45, 2.75) is 46.2 Å². The zero-order valence-electron chi connectivity index (χ0n) is 18.2. The maximum Gasteiger partial charge on any atom is 0.240 e. The first kappa shape index (κ1) is 23.1. The minimum atomic E-state index is -0.306. The fourth-order valence-electron chi connectivity index (χ4n) is 3.01. The highest BCUT2D eigenvalue weighted by Crippen LogP contribution is 2.17. The van der Waals surface area contributed by atoms with Crippen LogP contribution in [0.1, 0.15) is 36.1 Å². The fourth-order valence-corrected chi connectivity index (χ4v) is 3.94. The van der Waals surface area contributed by atoms with E-state index in [-0.39, 0.29) is 23.9 Å². The van der Waals surface area contributed by atoms with Gasteiger partial charge in [0.25, 0.3) is 0 Å². The minimum absolute atomic E-state index is 0.0459. The van der Waals surface area contributed by atoms with E-state index in [9.17, 15) is 9.59 Å². The summed E-state index contributed by atoms with van der Waals surface area (Å²) in [7, 11) is 1.69. The molecule has 158 valence electrons. The molecule has 2 rings (SSSR count). The predicted octanol–water partition coefficient (Wildman–Crippen LogP) is 3.47. The molecular formula is C23H33N3O2S. The minimum Gasteiger partial charge on any atom is -0.350 e. The number of benzene rings is 1. The van der Waals surface area contributed by atoms with Crippen molar-refractivity contribution in [3.63, 3.8) is 0 Å². The lowest BCUT2D eigenvalue weighted by molar-refractivity contribution is -0.136. The van der Waals surface area contributed by atoms with Gasteiger partial charge >= 0.3 is 0 Å². The molecule has 0 bridgehead atoms. The van der Waals surface area contributed by atoms with Gasteiger partial charge in [0.1, 0.15) is 0 Å². The molecule has 0 atom stereocenters. The second kappa shape index (κ2) is 10.6. The highest BCUT2D eigenvalue weighted by atomic mass is 32.1. The molecule has 1 heterocycles. The molecule has 2 amide bonds. The van der Waals surface area contributed by atoms with Crippen LogP contribution in [0.25, 0.3) is 0 Å². The highest BCUT2D eigenvalue weighted by molar-refractivity contribution is 7.11. The maximum atomic E-state index is 12.8. The third kappa shape index (κ3) is 8.79. The normalized spacial score (nSPS) is 11.5. The van der Waals surface area contributed by atoms with Crippen LogP contribution in [0.4, 0.5) is 0 Å². The molecular weight excluding hydrogens is 382 g/mol. The van der Waals surface area contributed by atoms with E-state index in [1.165, 1.54) is 20.2 Å². The van der Waals surface area contributed by atoms with Gasteiger partial charge in [-0.25, -0.2) is 0 Å². The Morgan fingerprint density at radius 1 is 1.03 bits per heavy atom. The first-order valence-corrected chi connectivity index (χ1v) is 10.8. The number of thiophene rings is 1. The Hall–Kier alpha value is -2.18. The van der Waals surface area contributed by atoms with Crippen molar-refractivity contribution >= 4 is 23.2 Å². The summed E-state index contributed by atoms with van der Waals surface area (Å²) in [5.74, 6) is -0.187. The van der Waals surface area contributed by atoms with Crippen LogP contribution in [0.3, 0.4) is 0 Å². The second-order valence-corrected chi connectivity index (χ2v) is 9.88. The molecule has 6 heteroatoms. The molecule has 29 heavy (non-hydrogen) atoms. The number of rotatable bonds is 9. The number of carbonyl (C=O) groups excluding carboxylic acids is 2. The van der Waals surface area contributed by atoms with Crippen molar-refractivity contribution < 1.29 is 9.59 Å². The molecule has 5 nitrogen and oxygen atoms in total. The molecule has 1 N–H and O–H groups in total. The van der Waals surface area contributed by atoms with Crippen LogP contribution in [-0.2, 0) is 22.6 Å².